The fourth-order valence-corrected chi connectivity index (χ4v) is 5.19. The zero-order valence-corrected chi connectivity index (χ0v) is 16.3. The number of benzene rings is 1. The van der Waals surface area contributed by atoms with Crippen molar-refractivity contribution in [2.75, 3.05) is 6.61 Å². The van der Waals surface area contributed by atoms with Gasteiger partial charge in [0.25, 0.3) is 0 Å². The lowest BCUT2D eigenvalue weighted by atomic mass is 9.72. The van der Waals surface area contributed by atoms with Gasteiger partial charge in [-0.05, 0) is 49.8 Å². The highest BCUT2D eigenvalue weighted by atomic mass is 16.5. The van der Waals surface area contributed by atoms with Crippen molar-refractivity contribution in [3.8, 4) is 0 Å². The van der Waals surface area contributed by atoms with Crippen LogP contribution in [-0.2, 0) is 22.6 Å². The van der Waals surface area contributed by atoms with Gasteiger partial charge in [0, 0.05) is 31.0 Å². The zero-order valence-electron chi connectivity index (χ0n) is 16.3. The maximum absolute atomic E-state index is 12.8. The van der Waals surface area contributed by atoms with E-state index in [1.807, 2.05) is 30.1 Å². The molecule has 2 aliphatic rings. The molecular weight excluding hydrogens is 338 g/mol. The van der Waals surface area contributed by atoms with E-state index in [4.69, 9.17) is 4.74 Å². The van der Waals surface area contributed by atoms with Crippen molar-refractivity contribution in [2.45, 2.75) is 64.7 Å². The molecule has 0 aliphatic carbocycles. The average Bonchev–Trinajstić information content (AvgIpc) is 3.40. The van der Waals surface area contributed by atoms with E-state index in [2.05, 4.69) is 41.2 Å². The molecule has 5 heteroatoms. The molecule has 0 radical (unpaired) electrons. The van der Waals surface area contributed by atoms with Crippen LogP contribution in [0.15, 0.2) is 42.7 Å². The van der Waals surface area contributed by atoms with Crippen LogP contribution in [0.3, 0.4) is 0 Å². The summed E-state index contributed by atoms with van der Waals surface area (Å²) in [6.45, 7) is 6.18. The predicted octanol–water partition coefficient (Wildman–Crippen LogP) is 3.63. The van der Waals surface area contributed by atoms with Gasteiger partial charge in [0.2, 0.25) is 0 Å². The summed E-state index contributed by atoms with van der Waals surface area (Å²) in [4.78, 5) is 15.4. The molecule has 0 unspecified atom stereocenters. The molecule has 144 valence electrons. The van der Waals surface area contributed by atoms with Gasteiger partial charge in [-0.3, -0.25) is 14.4 Å². The van der Waals surface area contributed by atoms with Gasteiger partial charge < -0.3 is 4.74 Å². The van der Waals surface area contributed by atoms with Crippen LogP contribution >= 0.6 is 0 Å². The molecule has 3 heterocycles. The molecule has 0 N–H and O–H groups in total. The third-order valence-corrected chi connectivity index (χ3v) is 6.56. The van der Waals surface area contributed by atoms with E-state index >= 15 is 0 Å². The monoisotopic (exact) mass is 367 g/mol. The van der Waals surface area contributed by atoms with Crippen LogP contribution in [0.25, 0.3) is 0 Å². The highest BCUT2D eigenvalue weighted by molar-refractivity contribution is 5.78. The Morgan fingerprint density at radius 1 is 1.19 bits per heavy atom. The molecule has 0 amide bonds. The summed E-state index contributed by atoms with van der Waals surface area (Å²) in [5.41, 5.74) is 2.31. The SMILES string of the molecule is CCOC(=O)[C@]1(CC)C[C@@H]2CC[C@H]1N2Cc1ccccc1Cn1cccn1. The molecule has 0 spiro atoms. The lowest BCUT2D eigenvalue weighted by molar-refractivity contribution is -0.157. The molecule has 4 rings (SSSR count). The summed E-state index contributed by atoms with van der Waals surface area (Å²) in [5.74, 6) is 0.00882. The lowest BCUT2D eigenvalue weighted by Gasteiger charge is -2.34. The number of nitrogens with zero attached hydrogens (tertiary/aromatic N) is 3. The van der Waals surface area contributed by atoms with Gasteiger partial charge in [0.05, 0.1) is 18.6 Å². The quantitative estimate of drug-likeness (QED) is 0.701. The molecule has 27 heavy (non-hydrogen) atoms. The van der Waals surface area contributed by atoms with Gasteiger partial charge in [-0.25, -0.2) is 0 Å². The maximum atomic E-state index is 12.8. The third kappa shape index (κ3) is 3.18. The fraction of sp³-hybridized carbons (Fsp3) is 0.545. The Hall–Kier alpha value is -2.14. The summed E-state index contributed by atoms with van der Waals surface area (Å²) >= 11 is 0. The van der Waals surface area contributed by atoms with E-state index in [-0.39, 0.29) is 11.4 Å². The highest BCUT2D eigenvalue weighted by Gasteiger charge is 2.59. The number of hydrogen-bond acceptors (Lipinski definition) is 4. The van der Waals surface area contributed by atoms with E-state index in [9.17, 15) is 4.79 Å². The van der Waals surface area contributed by atoms with Gasteiger partial charge in [-0.15, -0.1) is 0 Å². The molecule has 2 aromatic rings. The Labute approximate surface area is 161 Å². The minimum atomic E-state index is -0.324. The van der Waals surface area contributed by atoms with Gasteiger partial charge in [-0.1, -0.05) is 31.2 Å². The van der Waals surface area contributed by atoms with Crippen molar-refractivity contribution in [3.05, 3.63) is 53.9 Å². The highest BCUT2D eigenvalue weighted by Crippen LogP contribution is 2.53. The summed E-state index contributed by atoms with van der Waals surface area (Å²) in [7, 11) is 0. The number of fused-ring (bicyclic) bond motifs is 2. The number of ether oxygens (including phenoxy) is 1. The molecule has 2 fully saturated rings. The van der Waals surface area contributed by atoms with E-state index in [1.54, 1.807) is 0 Å². The largest absolute Gasteiger partial charge is 0.466 e. The average molecular weight is 367 g/mol. The summed E-state index contributed by atoms with van der Waals surface area (Å²) < 4.78 is 7.45. The molecule has 1 aromatic carbocycles. The normalized spacial score (nSPS) is 27.2. The molecule has 3 atom stereocenters. The van der Waals surface area contributed by atoms with Crippen molar-refractivity contribution < 1.29 is 9.53 Å². The molecule has 2 aliphatic heterocycles. The van der Waals surface area contributed by atoms with Crippen LogP contribution in [0.1, 0.15) is 50.7 Å². The van der Waals surface area contributed by atoms with Crippen molar-refractivity contribution in [1.82, 2.24) is 14.7 Å². The topological polar surface area (TPSA) is 47.4 Å². The number of esters is 1. The Morgan fingerprint density at radius 2 is 1.96 bits per heavy atom. The van der Waals surface area contributed by atoms with Crippen LogP contribution in [0.4, 0.5) is 0 Å². The first-order chi connectivity index (χ1) is 13.2. The van der Waals surface area contributed by atoms with Crippen molar-refractivity contribution in [2.24, 2.45) is 5.41 Å². The first kappa shape index (κ1) is 18.2. The standard InChI is InChI=1S/C22H29N3O2/c1-3-22(21(26)27-4-2)14-19-10-11-20(22)25(19)16-18-9-6-5-8-17(18)15-24-13-7-12-23-24/h5-9,12-13,19-20H,3-4,10-11,14-16H2,1-2H3/t19-,20+,22+/m0/s1. The second-order valence-electron chi connectivity index (χ2n) is 7.83. The van der Waals surface area contributed by atoms with E-state index in [0.29, 0.717) is 18.7 Å². The summed E-state index contributed by atoms with van der Waals surface area (Å²) in [6, 6.07) is 11.3. The molecule has 1 aromatic heterocycles. The first-order valence-corrected chi connectivity index (χ1v) is 10.1. The Kier molecular flexibility index (Phi) is 5.04. The lowest BCUT2D eigenvalue weighted by Crippen LogP contribution is -2.44. The van der Waals surface area contributed by atoms with Crippen LogP contribution < -0.4 is 0 Å². The number of carbonyl (C=O) groups excluding carboxylic acids is 1. The van der Waals surface area contributed by atoms with Crippen LogP contribution in [-0.4, -0.2) is 39.3 Å². The van der Waals surface area contributed by atoms with E-state index in [0.717, 1.165) is 32.4 Å². The minimum absolute atomic E-state index is 0.00882. The van der Waals surface area contributed by atoms with Crippen molar-refractivity contribution in [1.29, 1.82) is 0 Å². The van der Waals surface area contributed by atoms with Crippen molar-refractivity contribution >= 4 is 5.97 Å². The molecule has 0 saturated carbocycles. The third-order valence-electron chi connectivity index (χ3n) is 6.56. The van der Waals surface area contributed by atoms with Gasteiger partial charge in [0.1, 0.15) is 0 Å². The molecular formula is C22H29N3O2. The Bertz CT molecular complexity index is 789. The van der Waals surface area contributed by atoms with Crippen molar-refractivity contribution in [3.63, 3.8) is 0 Å². The summed E-state index contributed by atoms with van der Waals surface area (Å²) in [5, 5.41) is 4.35. The Morgan fingerprint density at radius 3 is 2.63 bits per heavy atom. The molecule has 2 saturated heterocycles. The number of carbonyl (C=O) groups is 1. The number of aromatic nitrogens is 2. The Balaban J connectivity index is 1.56. The van der Waals surface area contributed by atoms with E-state index in [1.165, 1.54) is 17.5 Å². The smallest absolute Gasteiger partial charge is 0.313 e. The second-order valence-corrected chi connectivity index (χ2v) is 7.83. The fourth-order valence-electron chi connectivity index (χ4n) is 5.19. The predicted molar refractivity (Wildman–Crippen MR) is 104 cm³/mol. The number of hydrogen-bond donors (Lipinski definition) is 0. The zero-order chi connectivity index (χ0) is 18.9. The summed E-state index contributed by atoms with van der Waals surface area (Å²) in [6.07, 6.45) is 7.90. The molecule has 5 nitrogen and oxygen atoms in total. The maximum Gasteiger partial charge on any atom is 0.313 e. The van der Waals surface area contributed by atoms with Gasteiger partial charge in [0.15, 0.2) is 0 Å². The molecule has 2 bridgehead atoms. The van der Waals surface area contributed by atoms with Gasteiger partial charge in [-0.2, -0.15) is 5.10 Å². The minimum Gasteiger partial charge on any atom is -0.466 e. The van der Waals surface area contributed by atoms with E-state index < -0.39 is 0 Å². The van der Waals surface area contributed by atoms with Crippen LogP contribution in [0, 0.1) is 5.41 Å². The van der Waals surface area contributed by atoms with Gasteiger partial charge >= 0.3 is 5.97 Å². The first-order valence-electron chi connectivity index (χ1n) is 10.1. The second kappa shape index (κ2) is 7.47. The number of rotatable bonds is 7. The van der Waals surface area contributed by atoms with Crippen LogP contribution in [0.2, 0.25) is 0 Å². The van der Waals surface area contributed by atoms with Crippen LogP contribution in [0.5, 0.6) is 0 Å².